The van der Waals surface area contributed by atoms with Gasteiger partial charge in [-0.25, -0.2) is 4.79 Å². The molecule has 0 N–H and O–H groups in total. The largest absolute Gasteiger partial charge is 0.460 e. The monoisotopic (exact) mass is 280 g/mol. The Morgan fingerprint density at radius 3 is 2.38 bits per heavy atom. The lowest BCUT2D eigenvalue weighted by Crippen LogP contribution is -2.20. The summed E-state index contributed by atoms with van der Waals surface area (Å²) in [5.41, 5.74) is 11.8. The number of benzene rings is 2. The first-order valence-electron chi connectivity index (χ1n) is 6.69. The fourth-order valence-electron chi connectivity index (χ4n) is 2.19. The molecule has 0 heterocycles. The zero-order valence-corrected chi connectivity index (χ0v) is 11.8. The average molecular weight is 280 g/mol. The minimum absolute atomic E-state index is 0.0684. The van der Waals surface area contributed by atoms with Gasteiger partial charge in [-0.1, -0.05) is 48.5 Å². The molecule has 0 fully saturated rings. The Labute approximate surface area is 123 Å². The molecule has 106 valence electrons. The van der Waals surface area contributed by atoms with Gasteiger partial charge in [-0.2, -0.15) is 4.79 Å². The molecule has 21 heavy (non-hydrogen) atoms. The Kier molecular flexibility index (Phi) is 5.02. The molecule has 2 aromatic carbocycles. The van der Waals surface area contributed by atoms with Crippen LogP contribution < -0.4 is 0 Å². The molecule has 0 aliphatic rings. The number of hydrogen-bond acceptors (Lipinski definition) is 2. The summed E-state index contributed by atoms with van der Waals surface area (Å²) in [6, 6.07) is 17.5. The Balaban J connectivity index is 2.25. The minimum atomic E-state index is -0.648. The maximum absolute atomic E-state index is 11.7. The lowest BCUT2D eigenvalue weighted by Gasteiger charge is -2.06. The summed E-state index contributed by atoms with van der Waals surface area (Å²) in [7, 11) is 1.26. The van der Waals surface area contributed by atoms with Crippen molar-refractivity contribution < 1.29 is 14.3 Å². The Hall–Kier alpha value is -2.71. The van der Waals surface area contributed by atoms with E-state index in [0.717, 1.165) is 18.4 Å². The van der Waals surface area contributed by atoms with Crippen LogP contribution in [0.5, 0.6) is 0 Å². The van der Waals surface area contributed by atoms with Gasteiger partial charge < -0.3 is 10.3 Å². The molecule has 0 aromatic heterocycles. The third kappa shape index (κ3) is 3.65. The predicted molar refractivity (Wildman–Crippen MR) is 80.0 cm³/mol. The van der Waals surface area contributed by atoms with Crippen LogP contribution in [0, 0.1) is 0 Å². The van der Waals surface area contributed by atoms with Gasteiger partial charge in [-0.3, -0.25) is 0 Å². The highest BCUT2D eigenvalue weighted by Crippen LogP contribution is 2.13. The number of nitrogens with zero attached hydrogens (tertiary/aromatic N) is 2. The van der Waals surface area contributed by atoms with Crippen LogP contribution in [0.1, 0.15) is 16.7 Å². The van der Waals surface area contributed by atoms with E-state index in [0.29, 0.717) is 5.56 Å². The quantitative estimate of drug-likeness (QED) is 0.366. The lowest BCUT2D eigenvalue weighted by molar-refractivity contribution is -0.137. The normalized spacial score (nSPS) is 9.76. The van der Waals surface area contributed by atoms with Crippen LogP contribution in [-0.2, 0) is 22.4 Å². The van der Waals surface area contributed by atoms with Crippen LogP contribution >= 0.6 is 0 Å². The number of carbonyl (C=O) groups is 1. The van der Waals surface area contributed by atoms with Crippen molar-refractivity contribution in [3.63, 3.8) is 0 Å². The van der Waals surface area contributed by atoms with Crippen molar-refractivity contribution in [2.75, 3.05) is 7.11 Å². The number of hydrogen-bond donors (Lipinski definition) is 0. The maximum Gasteiger partial charge on any atom is 0.422 e. The summed E-state index contributed by atoms with van der Waals surface area (Å²) in [4.78, 5) is 14.7. The third-order valence-electron chi connectivity index (χ3n) is 3.28. The number of carbonyl (C=O) groups excluding carboxylic acids is 1. The summed E-state index contributed by atoms with van der Waals surface area (Å²) in [6.45, 7) is 0. The first-order valence-corrected chi connectivity index (χ1v) is 6.69. The molecule has 2 rings (SSSR count). The van der Waals surface area contributed by atoms with Crippen LogP contribution in [0.15, 0.2) is 54.6 Å². The van der Waals surface area contributed by atoms with E-state index in [1.54, 1.807) is 12.1 Å². The highest BCUT2D eigenvalue weighted by molar-refractivity contribution is 6.41. The van der Waals surface area contributed by atoms with Gasteiger partial charge in [-0.05, 0) is 30.0 Å². The first kappa shape index (κ1) is 14.7. The van der Waals surface area contributed by atoms with Crippen molar-refractivity contribution in [3.05, 3.63) is 76.8 Å². The number of rotatable bonds is 5. The molecule has 4 heteroatoms. The van der Waals surface area contributed by atoms with Gasteiger partial charge in [-0.15, -0.1) is 0 Å². The van der Waals surface area contributed by atoms with Crippen LogP contribution in [0.25, 0.3) is 5.53 Å². The van der Waals surface area contributed by atoms with Crippen molar-refractivity contribution in [2.45, 2.75) is 12.8 Å². The number of esters is 1. The van der Waals surface area contributed by atoms with E-state index in [1.165, 1.54) is 12.7 Å². The summed E-state index contributed by atoms with van der Waals surface area (Å²) in [6.07, 6.45) is 1.59. The fraction of sp³-hybridized carbons (Fsp3) is 0.176. The van der Waals surface area contributed by atoms with Gasteiger partial charge in [0, 0.05) is 0 Å². The minimum Gasteiger partial charge on any atom is -0.460 e. The fourth-order valence-corrected chi connectivity index (χ4v) is 2.19. The predicted octanol–water partition coefficient (Wildman–Crippen LogP) is 2.66. The van der Waals surface area contributed by atoms with Crippen molar-refractivity contribution in [3.8, 4) is 0 Å². The molecule has 0 spiro atoms. The van der Waals surface area contributed by atoms with E-state index < -0.39 is 5.97 Å². The number of methoxy groups -OCH3 is 1. The highest BCUT2D eigenvalue weighted by atomic mass is 16.5. The highest BCUT2D eigenvalue weighted by Gasteiger charge is 2.25. The molecular weight excluding hydrogens is 264 g/mol. The van der Waals surface area contributed by atoms with Crippen molar-refractivity contribution in [2.24, 2.45) is 0 Å². The molecule has 0 radical (unpaired) electrons. The standard InChI is InChI=1S/C17H16N2O2/c1-21-17(20)16(19-18)15-10-6-5-9-14(15)12-11-13-7-3-2-4-8-13/h2-10H,11-12H2,1H3. The first-order chi connectivity index (χ1) is 10.3. The molecule has 0 unspecified atom stereocenters. The molecule has 0 amide bonds. The Bertz CT molecular complexity index is 674. The van der Waals surface area contributed by atoms with E-state index in [4.69, 9.17) is 5.53 Å². The molecule has 0 bridgehead atoms. The van der Waals surface area contributed by atoms with Crippen molar-refractivity contribution in [1.82, 2.24) is 0 Å². The van der Waals surface area contributed by atoms with Crippen molar-refractivity contribution >= 4 is 11.7 Å². The summed E-state index contributed by atoms with van der Waals surface area (Å²) < 4.78 is 4.65. The zero-order chi connectivity index (χ0) is 15.1. The van der Waals surface area contributed by atoms with Crippen LogP contribution in [0.2, 0.25) is 0 Å². The average Bonchev–Trinajstić information content (AvgIpc) is 2.55. The molecule has 0 atom stereocenters. The van der Waals surface area contributed by atoms with Crippen LogP contribution in [0.3, 0.4) is 0 Å². The number of ether oxygens (including phenoxy) is 1. The van der Waals surface area contributed by atoms with E-state index in [9.17, 15) is 4.79 Å². The van der Waals surface area contributed by atoms with E-state index in [1.807, 2.05) is 30.3 Å². The Morgan fingerprint density at radius 1 is 1.05 bits per heavy atom. The molecule has 2 aromatic rings. The van der Waals surface area contributed by atoms with Crippen LogP contribution in [-0.4, -0.2) is 23.6 Å². The second kappa shape index (κ2) is 7.17. The SMILES string of the molecule is COC(=O)C(=[N+]=[N-])c1ccccc1CCc1ccccc1. The molecule has 0 saturated heterocycles. The van der Waals surface area contributed by atoms with Gasteiger partial charge in [0.1, 0.15) is 0 Å². The van der Waals surface area contributed by atoms with Gasteiger partial charge >= 0.3 is 11.7 Å². The van der Waals surface area contributed by atoms with Gasteiger partial charge in [0.25, 0.3) is 0 Å². The van der Waals surface area contributed by atoms with E-state index in [-0.39, 0.29) is 5.71 Å². The summed E-state index contributed by atoms with van der Waals surface area (Å²) in [5.74, 6) is -0.648. The molecule has 0 aliphatic carbocycles. The third-order valence-corrected chi connectivity index (χ3v) is 3.28. The Morgan fingerprint density at radius 2 is 1.71 bits per heavy atom. The van der Waals surface area contributed by atoms with Gasteiger partial charge in [0.15, 0.2) is 0 Å². The smallest absolute Gasteiger partial charge is 0.422 e. The number of aryl methyl sites for hydroxylation is 2. The van der Waals surface area contributed by atoms with Crippen molar-refractivity contribution in [1.29, 1.82) is 0 Å². The summed E-state index contributed by atoms with van der Waals surface area (Å²) >= 11 is 0. The van der Waals surface area contributed by atoms with Gasteiger partial charge in [0.05, 0.1) is 12.7 Å². The topological polar surface area (TPSA) is 62.7 Å². The summed E-state index contributed by atoms with van der Waals surface area (Å²) in [5, 5.41) is 0. The molecule has 0 aliphatic heterocycles. The second-order valence-electron chi connectivity index (χ2n) is 4.58. The van der Waals surface area contributed by atoms with E-state index in [2.05, 4.69) is 21.7 Å². The van der Waals surface area contributed by atoms with Crippen LogP contribution in [0.4, 0.5) is 0 Å². The van der Waals surface area contributed by atoms with E-state index >= 15 is 0 Å². The molecule has 0 saturated carbocycles. The molecule has 4 nitrogen and oxygen atoms in total. The maximum atomic E-state index is 11.7. The molecular formula is C17H16N2O2. The second-order valence-corrected chi connectivity index (χ2v) is 4.58. The lowest BCUT2D eigenvalue weighted by atomic mass is 9.97. The van der Waals surface area contributed by atoms with Gasteiger partial charge in [0.2, 0.25) is 0 Å². The zero-order valence-electron chi connectivity index (χ0n) is 11.8.